The Labute approximate surface area is 142 Å². The minimum atomic E-state index is -0.723. The fourth-order valence-electron chi connectivity index (χ4n) is 1.24. The molecule has 21 heavy (non-hydrogen) atoms. The van der Waals surface area contributed by atoms with Crippen LogP contribution in [0.1, 0.15) is 31.2 Å². The highest BCUT2D eigenvalue weighted by atomic mass is 79.9. The summed E-state index contributed by atoms with van der Waals surface area (Å²) >= 11 is 6.38. The molecule has 0 unspecified atom stereocenters. The Balaban J connectivity index is 0.000000486. The largest absolute Gasteiger partial charge is 0.481 e. The van der Waals surface area contributed by atoms with Gasteiger partial charge in [0.2, 0.25) is 0 Å². The number of carbonyl (C=O) groups is 2. The lowest BCUT2D eigenvalue weighted by molar-refractivity contribution is -0.145. The number of alkyl halides is 2. The highest BCUT2D eigenvalue weighted by Crippen LogP contribution is 2.03. The molecule has 1 N–H and O–H groups in total. The molecule has 0 radical (unpaired) electrons. The zero-order valence-electron chi connectivity index (χ0n) is 11.8. The van der Waals surface area contributed by atoms with Gasteiger partial charge in [0.25, 0.3) is 0 Å². The first-order valence-electron chi connectivity index (χ1n) is 6.63. The monoisotopic (exact) mass is 422 g/mol. The molecular formula is C15H20Br2O4. The van der Waals surface area contributed by atoms with Gasteiger partial charge in [0, 0.05) is 23.5 Å². The number of aliphatic carboxylic acids is 1. The molecule has 0 atom stereocenters. The van der Waals surface area contributed by atoms with Gasteiger partial charge in [-0.2, -0.15) is 0 Å². The van der Waals surface area contributed by atoms with Crippen LogP contribution in [0.2, 0.25) is 0 Å². The van der Waals surface area contributed by atoms with Crippen LogP contribution in [0.3, 0.4) is 0 Å². The van der Waals surface area contributed by atoms with Crippen LogP contribution in [0.4, 0.5) is 0 Å². The van der Waals surface area contributed by atoms with Crippen LogP contribution in [-0.2, 0) is 20.9 Å². The fraction of sp³-hybridized carbons (Fsp3) is 0.467. The predicted octanol–water partition coefficient (Wildman–Crippen LogP) is 4.15. The Kier molecular flexibility index (Phi) is 13.5. The van der Waals surface area contributed by atoms with Gasteiger partial charge in [-0.25, -0.2) is 0 Å². The van der Waals surface area contributed by atoms with Gasteiger partial charge >= 0.3 is 11.9 Å². The first kappa shape index (κ1) is 20.1. The second-order valence-corrected chi connectivity index (χ2v) is 5.71. The highest BCUT2D eigenvalue weighted by molar-refractivity contribution is 9.09. The maximum Gasteiger partial charge on any atom is 0.306 e. The summed E-state index contributed by atoms with van der Waals surface area (Å²) in [4.78, 5) is 20.9. The molecule has 6 heteroatoms. The van der Waals surface area contributed by atoms with Crippen LogP contribution in [0.15, 0.2) is 30.3 Å². The fourth-order valence-corrected chi connectivity index (χ4v) is 1.80. The van der Waals surface area contributed by atoms with E-state index in [9.17, 15) is 9.59 Å². The molecule has 0 fully saturated rings. The number of carboxylic acid groups (broad SMARTS) is 1. The maximum absolute atomic E-state index is 11.1. The van der Waals surface area contributed by atoms with Gasteiger partial charge < -0.3 is 9.84 Å². The summed E-state index contributed by atoms with van der Waals surface area (Å²) in [5, 5.41) is 9.64. The first-order valence-corrected chi connectivity index (χ1v) is 8.87. The van der Waals surface area contributed by atoms with Gasteiger partial charge in [0.05, 0.1) is 0 Å². The van der Waals surface area contributed by atoms with Gasteiger partial charge in [0.15, 0.2) is 0 Å². The minimum absolute atomic E-state index is 0.131. The van der Waals surface area contributed by atoms with Gasteiger partial charge in [-0.1, -0.05) is 62.2 Å². The van der Waals surface area contributed by atoms with Crippen molar-refractivity contribution in [3.63, 3.8) is 0 Å². The van der Waals surface area contributed by atoms with Crippen molar-refractivity contribution < 1.29 is 19.4 Å². The zero-order valence-corrected chi connectivity index (χ0v) is 14.9. The number of carbonyl (C=O) groups excluding carboxylic acids is 1. The van der Waals surface area contributed by atoms with E-state index in [1.807, 2.05) is 30.3 Å². The number of carboxylic acids is 1. The summed E-state index contributed by atoms with van der Waals surface area (Å²) in [5.41, 5.74) is 1.03. The lowest BCUT2D eigenvalue weighted by atomic mass is 10.2. The van der Waals surface area contributed by atoms with Crippen molar-refractivity contribution >= 4 is 43.8 Å². The van der Waals surface area contributed by atoms with E-state index in [1.54, 1.807) is 0 Å². The van der Waals surface area contributed by atoms with Crippen LogP contribution in [-0.4, -0.2) is 27.7 Å². The third-order valence-corrected chi connectivity index (χ3v) is 3.40. The van der Waals surface area contributed by atoms with E-state index < -0.39 is 5.97 Å². The number of rotatable bonds is 8. The molecule has 1 rings (SSSR count). The lowest BCUT2D eigenvalue weighted by Gasteiger charge is -2.03. The van der Waals surface area contributed by atoms with Crippen molar-refractivity contribution in [2.24, 2.45) is 0 Å². The highest BCUT2D eigenvalue weighted by Gasteiger charge is 2.01. The number of ether oxygens (including phenoxy) is 1. The van der Waals surface area contributed by atoms with E-state index in [0.29, 0.717) is 13.0 Å². The Bertz CT molecular complexity index is 396. The second kappa shape index (κ2) is 14.1. The molecule has 1 aromatic carbocycles. The minimum Gasteiger partial charge on any atom is -0.481 e. The van der Waals surface area contributed by atoms with Crippen LogP contribution in [0, 0.1) is 0 Å². The SMILES string of the molecule is O=C(CCCBr)OCc1ccccc1.O=C(O)CCCBr. The summed E-state index contributed by atoms with van der Waals surface area (Å²) in [5.74, 6) is -0.854. The Morgan fingerprint density at radius 3 is 2.05 bits per heavy atom. The van der Waals surface area contributed by atoms with Crippen molar-refractivity contribution in [3.05, 3.63) is 35.9 Å². The molecule has 0 bridgehead atoms. The smallest absolute Gasteiger partial charge is 0.306 e. The van der Waals surface area contributed by atoms with E-state index >= 15 is 0 Å². The quantitative estimate of drug-likeness (QED) is 0.503. The molecule has 0 heterocycles. The van der Waals surface area contributed by atoms with Crippen molar-refractivity contribution in [1.82, 2.24) is 0 Å². The summed E-state index contributed by atoms with van der Waals surface area (Å²) < 4.78 is 5.07. The zero-order chi connectivity index (χ0) is 15.9. The molecule has 0 amide bonds. The third-order valence-electron chi connectivity index (χ3n) is 2.28. The first-order chi connectivity index (χ1) is 10.1. The van der Waals surface area contributed by atoms with Crippen LogP contribution in [0.5, 0.6) is 0 Å². The van der Waals surface area contributed by atoms with Crippen molar-refractivity contribution in [2.75, 3.05) is 10.7 Å². The molecule has 4 nitrogen and oxygen atoms in total. The maximum atomic E-state index is 11.1. The Hall–Kier alpha value is -0.880. The van der Waals surface area contributed by atoms with E-state index in [4.69, 9.17) is 9.84 Å². The predicted molar refractivity (Wildman–Crippen MR) is 89.9 cm³/mol. The van der Waals surface area contributed by atoms with Crippen molar-refractivity contribution in [3.8, 4) is 0 Å². The molecule has 0 aliphatic carbocycles. The molecule has 118 valence electrons. The van der Waals surface area contributed by atoms with Gasteiger partial charge in [-0.3, -0.25) is 9.59 Å². The number of hydrogen-bond donors (Lipinski definition) is 1. The normalized spacial score (nSPS) is 9.43. The van der Waals surface area contributed by atoms with Gasteiger partial charge in [-0.05, 0) is 18.4 Å². The van der Waals surface area contributed by atoms with E-state index in [2.05, 4.69) is 31.9 Å². The molecule has 0 saturated carbocycles. The summed E-state index contributed by atoms with van der Waals surface area (Å²) in [7, 11) is 0. The molecule has 0 saturated heterocycles. The van der Waals surface area contributed by atoms with Crippen LogP contribution in [0.25, 0.3) is 0 Å². The Morgan fingerprint density at radius 1 is 1.00 bits per heavy atom. The molecule has 0 aliphatic heterocycles. The average Bonchev–Trinajstić information content (AvgIpc) is 2.50. The van der Waals surface area contributed by atoms with E-state index in [0.717, 1.165) is 29.1 Å². The van der Waals surface area contributed by atoms with Crippen molar-refractivity contribution in [2.45, 2.75) is 32.3 Å². The number of esters is 1. The molecule has 0 aromatic heterocycles. The topological polar surface area (TPSA) is 63.6 Å². The molecule has 0 aliphatic rings. The lowest BCUT2D eigenvalue weighted by Crippen LogP contribution is -2.04. The third kappa shape index (κ3) is 13.8. The number of hydrogen-bond acceptors (Lipinski definition) is 3. The summed E-state index contributed by atoms with van der Waals surface area (Å²) in [6.45, 7) is 0.377. The number of benzene rings is 1. The standard InChI is InChI=1S/C11H13BrO2.C4H7BrO2/c12-8-4-7-11(13)14-9-10-5-2-1-3-6-10;5-3-1-2-4(6)7/h1-3,5-6H,4,7-9H2;1-3H2,(H,6,7). The summed E-state index contributed by atoms with van der Waals surface area (Å²) in [6.07, 6.45) is 2.30. The van der Waals surface area contributed by atoms with Gasteiger partial charge in [-0.15, -0.1) is 0 Å². The second-order valence-electron chi connectivity index (χ2n) is 4.13. The molecule has 0 spiro atoms. The number of halogens is 2. The van der Waals surface area contributed by atoms with Crippen LogP contribution >= 0.6 is 31.9 Å². The summed E-state index contributed by atoms with van der Waals surface area (Å²) in [6, 6.07) is 9.69. The molecule has 1 aromatic rings. The van der Waals surface area contributed by atoms with E-state index in [1.165, 1.54) is 0 Å². The average molecular weight is 424 g/mol. The van der Waals surface area contributed by atoms with Crippen molar-refractivity contribution in [1.29, 1.82) is 0 Å². The Morgan fingerprint density at radius 2 is 1.57 bits per heavy atom. The van der Waals surface area contributed by atoms with Gasteiger partial charge in [0.1, 0.15) is 6.61 Å². The molecular weight excluding hydrogens is 404 g/mol. The van der Waals surface area contributed by atoms with E-state index in [-0.39, 0.29) is 12.4 Å². The van der Waals surface area contributed by atoms with Crippen LogP contribution < -0.4 is 0 Å².